The molecule has 8 heteroatoms. The summed E-state index contributed by atoms with van der Waals surface area (Å²) in [5.74, 6) is 1.75. The molecular weight excluding hydrogens is 438 g/mol. The van der Waals surface area contributed by atoms with Gasteiger partial charge in [-0.15, -0.1) is 5.10 Å². The molecule has 3 heterocycles. The Morgan fingerprint density at radius 1 is 1.06 bits per heavy atom. The monoisotopic (exact) mass is 467 g/mol. The van der Waals surface area contributed by atoms with Gasteiger partial charge < -0.3 is 4.90 Å². The number of amides is 1. The van der Waals surface area contributed by atoms with Crippen molar-refractivity contribution in [3.8, 4) is 17.1 Å². The molecule has 0 spiro atoms. The first-order valence-electron chi connectivity index (χ1n) is 11.8. The minimum atomic E-state index is 0.0391. The topological polar surface area (TPSA) is 80.0 Å². The van der Waals surface area contributed by atoms with Crippen LogP contribution in [-0.2, 0) is 24.3 Å². The number of rotatable bonds is 7. The van der Waals surface area contributed by atoms with E-state index in [4.69, 9.17) is 4.98 Å². The van der Waals surface area contributed by atoms with Crippen molar-refractivity contribution < 1.29 is 4.79 Å². The van der Waals surface area contributed by atoms with E-state index in [2.05, 4.69) is 40.1 Å². The lowest BCUT2D eigenvalue weighted by atomic mass is 9.97. The highest BCUT2D eigenvalue weighted by Gasteiger charge is 2.30. The van der Waals surface area contributed by atoms with Crippen molar-refractivity contribution in [2.75, 3.05) is 19.0 Å². The molecule has 35 heavy (non-hydrogen) atoms. The Balaban J connectivity index is 1.38. The Bertz CT molecular complexity index is 1360. The molecule has 0 aliphatic carbocycles. The molecular formula is C27H29N7O. The predicted molar refractivity (Wildman–Crippen MR) is 135 cm³/mol. The summed E-state index contributed by atoms with van der Waals surface area (Å²) in [6, 6.07) is 16.2. The van der Waals surface area contributed by atoms with Crippen LogP contribution in [0.4, 0.5) is 5.82 Å². The van der Waals surface area contributed by atoms with E-state index in [0.29, 0.717) is 30.5 Å². The van der Waals surface area contributed by atoms with Crippen LogP contribution in [0.3, 0.4) is 0 Å². The van der Waals surface area contributed by atoms with Gasteiger partial charge in [0.1, 0.15) is 5.82 Å². The third kappa shape index (κ3) is 4.70. The average Bonchev–Trinajstić information content (AvgIpc) is 3.43. The molecule has 0 N–H and O–H groups in total. The number of benzene rings is 2. The number of aromatic nitrogens is 5. The zero-order valence-electron chi connectivity index (χ0n) is 20.5. The van der Waals surface area contributed by atoms with Gasteiger partial charge in [-0.05, 0) is 43.3 Å². The molecule has 0 radical (unpaired) electrons. The summed E-state index contributed by atoms with van der Waals surface area (Å²) in [7, 11) is 4.01. The molecule has 2 aromatic heterocycles. The standard InChI is InChI=1S/C27H29N7O/c1-18(2)23-7-5-6-8-24(23)26-28-14-20-13-25(35)33(27(20)29-26)15-19-9-11-22(12-10-19)34-17-21(30-31-34)16-32(3)4/h5-12,14,17-18H,13,15-16H2,1-4H3. The van der Waals surface area contributed by atoms with E-state index >= 15 is 0 Å². The molecule has 8 nitrogen and oxygen atoms in total. The molecule has 0 unspecified atom stereocenters. The number of carbonyl (C=O) groups excluding carboxylic acids is 1. The van der Waals surface area contributed by atoms with E-state index in [1.807, 2.05) is 62.8 Å². The minimum absolute atomic E-state index is 0.0391. The molecule has 5 rings (SSSR count). The average molecular weight is 468 g/mol. The second-order valence-electron chi connectivity index (χ2n) is 9.50. The number of anilines is 1. The van der Waals surface area contributed by atoms with Crippen LogP contribution in [0.25, 0.3) is 17.1 Å². The third-order valence-electron chi connectivity index (χ3n) is 6.12. The molecule has 1 amide bonds. The first kappa shape index (κ1) is 22.9. The van der Waals surface area contributed by atoms with E-state index in [1.165, 1.54) is 5.56 Å². The fraction of sp³-hybridized carbons (Fsp3) is 0.296. The molecule has 0 bridgehead atoms. The van der Waals surface area contributed by atoms with Crippen molar-refractivity contribution in [1.82, 2.24) is 29.9 Å². The lowest BCUT2D eigenvalue weighted by molar-refractivity contribution is -0.117. The van der Waals surface area contributed by atoms with Crippen molar-refractivity contribution in [3.63, 3.8) is 0 Å². The lowest BCUT2D eigenvalue weighted by Crippen LogP contribution is -2.26. The van der Waals surface area contributed by atoms with E-state index in [9.17, 15) is 4.79 Å². The Kier molecular flexibility index (Phi) is 6.13. The lowest BCUT2D eigenvalue weighted by Gasteiger charge is -2.18. The Labute approximate surface area is 205 Å². The van der Waals surface area contributed by atoms with Gasteiger partial charge in [0.2, 0.25) is 5.91 Å². The van der Waals surface area contributed by atoms with Gasteiger partial charge in [0, 0.05) is 23.9 Å². The maximum absolute atomic E-state index is 12.9. The maximum Gasteiger partial charge on any atom is 0.233 e. The summed E-state index contributed by atoms with van der Waals surface area (Å²) in [6.07, 6.45) is 4.06. The zero-order chi connectivity index (χ0) is 24.5. The van der Waals surface area contributed by atoms with E-state index in [1.54, 1.807) is 15.8 Å². The summed E-state index contributed by atoms with van der Waals surface area (Å²) in [5, 5.41) is 8.46. The van der Waals surface area contributed by atoms with Gasteiger partial charge in [0.05, 0.1) is 30.5 Å². The van der Waals surface area contributed by atoms with E-state index in [-0.39, 0.29) is 5.91 Å². The molecule has 1 aliphatic rings. The van der Waals surface area contributed by atoms with Gasteiger partial charge in [-0.25, -0.2) is 14.6 Å². The molecule has 2 aromatic carbocycles. The van der Waals surface area contributed by atoms with Crippen LogP contribution < -0.4 is 4.90 Å². The normalized spacial score (nSPS) is 13.2. The Hall–Kier alpha value is -3.91. The highest BCUT2D eigenvalue weighted by Crippen LogP contribution is 2.32. The molecule has 0 atom stereocenters. The van der Waals surface area contributed by atoms with Crippen LogP contribution in [0.15, 0.2) is 60.9 Å². The first-order valence-corrected chi connectivity index (χ1v) is 11.8. The van der Waals surface area contributed by atoms with Gasteiger partial charge in [-0.1, -0.05) is 55.5 Å². The van der Waals surface area contributed by atoms with Crippen molar-refractivity contribution >= 4 is 11.7 Å². The van der Waals surface area contributed by atoms with Crippen LogP contribution >= 0.6 is 0 Å². The highest BCUT2D eigenvalue weighted by atomic mass is 16.2. The molecule has 4 aromatic rings. The van der Waals surface area contributed by atoms with E-state index < -0.39 is 0 Å². The zero-order valence-corrected chi connectivity index (χ0v) is 20.5. The largest absolute Gasteiger partial charge is 0.303 e. The van der Waals surface area contributed by atoms with Gasteiger partial charge >= 0.3 is 0 Å². The number of nitrogens with zero attached hydrogens (tertiary/aromatic N) is 7. The van der Waals surface area contributed by atoms with Gasteiger partial charge in [0.25, 0.3) is 0 Å². The minimum Gasteiger partial charge on any atom is -0.303 e. The van der Waals surface area contributed by atoms with Crippen LogP contribution in [0, 0.1) is 0 Å². The van der Waals surface area contributed by atoms with Crippen LogP contribution in [0.5, 0.6) is 0 Å². The number of carbonyl (C=O) groups is 1. The van der Waals surface area contributed by atoms with Crippen LogP contribution in [0.2, 0.25) is 0 Å². The van der Waals surface area contributed by atoms with Gasteiger partial charge in [0.15, 0.2) is 5.82 Å². The van der Waals surface area contributed by atoms with Crippen LogP contribution in [0.1, 0.15) is 42.1 Å². The van der Waals surface area contributed by atoms with E-state index in [0.717, 1.165) is 34.6 Å². The number of fused-ring (bicyclic) bond motifs is 1. The molecule has 0 saturated heterocycles. The summed E-state index contributed by atoms with van der Waals surface area (Å²) in [4.78, 5) is 26.1. The summed E-state index contributed by atoms with van der Waals surface area (Å²) >= 11 is 0. The van der Waals surface area contributed by atoms with Crippen molar-refractivity contribution in [2.45, 2.75) is 39.3 Å². The Morgan fingerprint density at radius 2 is 1.83 bits per heavy atom. The maximum atomic E-state index is 12.9. The smallest absolute Gasteiger partial charge is 0.233 e. The summed E-state index contributed by atoms with van der Waals surface area (Å²) in [5.41, 5.74) is 5.93. The fourth-order valence-corrected chi connectivity index (χ4v) is 4.39. The number of hydrogen-bond donors (Lipinski definition) is 0. The highest BCUT2D eigenvalue weighted by molar-refractivity contribution is 6.00. The quantitative estimate of drug-likeness (QED) is 0.409. The second-order valence-corrected chi connectivity index (χ2v) is 9.50. The molecule has 178 valence electrons. The second kappa shape index (κ2) is 9.38. The van der Waals surface area contributed by atoms with Gasteiger partial charge in [-0.3, -0.25) is 9.69 Å². The molecule has 0 fully saturated rings. The summed E-state index contributed by atoms with van der Waals surface area (Å²) in [6.45, 7) is 5.51. The first-order chi connectivity index (χ1) is 16.9. The SMILES string of the molecule is CC(C)c1ccccc1-c1ncc2c(n1)N(Cc1ccc(-n3cc(CN(C)C)nn3)cc1)C(=O)C2. The summed E-state index contributed by atoms with van der Waals surface area (Å²) < 4.78 is 1.77. The fourth-order valence-electron chi connectivity index (χ4n) is 4.39. The third-order valence-corrected chi connectivity index (χ3v) is 6.12. The molecule has 1 aliphatic heterocycles. The van der Waals surface area contributed by atoms with Crippen molar-refractivity contribution in [2.24, 2.45) is 0 Å². The van der Waals surface area contributed by atoms with Crippen molar-refractivity contribution in [3.05, 3.63) is 83.3 Å². The van der Waals surface area contributed by atoms with Gasteiger partial charge in [-0.2, -0.15) is 0 Å². The molecule has 0 saturated carbocycles. The van der Waals surface area contributed by atoms with Crippen molar-refractivity contribution in [1.29, 1.82) is 0 Å². The number of hydrogen-bond acceptors (Lipinski definition) is 6. The Morgan fingerprint density at radius 3 is 2.57 bits per heavy atom. The predicted octanol–water partition coefficient (Wildman–Crippen LogP) is 4.00. The van der Waals surface area contributed by atoms with Crippen LogP contribution in [-0.4, -0.2) is 49.9 Å².